The monoisotopic (exact) mass is 244 g/mol. The highest BCUT2D eigenvalue weighted by Gasteiger charge is 2.20. The van der Waals surface area contributed by atoms with Crippen molar-refractivity contribution in [2.45, 2.75) is 6.92 Å². The van der Waals surface area contributed by atoms with Gasteiger partial charge in [0.1, 0.15) is 0 Å². The van der Waals surface area contributed by atoms with Crippen LogP contribution in [0, 0.1) is 0 Å². The predicted molar refractivity (Wildman–Crippen MR) is 71.1 cm³/mol. The van der Waals surface area contributed by atoms with Crippen molar-refractivity contribution in [1.29, 1.82) is 0 Å². The first-order chi connectivity index (χ1) is 8.77. The summed E-state index contributed by atoms with van der Waals surface area (Å²) in [5.41, 5.74) is 1.76. The molecule has 1 N–H and O–H groups in total. The van der Waals surface area contributed by atoms with Crippen molar-refractivity contribution in [2.75, 3.05) is 31.1 Å². The quantitative estimate of drug-likeness (QED) is 0.816. The Morgan fingerprint density at radius 2 is 2.00 bits per heavy atom. The van der Waals surface area contributed by atoms with Gasteiger partial charge in [0.2, 0.25) is 11.9 Å². The van der Waals surface area contributed by atoms with Crippen molar-refractivity contribution < 1.29 is 4.79 Å². The van der Waals surface area contributed by atoms with E-state index in [0.717, 1.165) is 43.2 Å². The molecule has 1 aliphatic rings. The third-order valence-electron chi connectivity index (χ3n) is 3.26. The van der Waals surface area contributed by atoms with Gasteiger partial charge < -0.3 is 10.2 Å². The number of anilines is 1. The van der Waals surface area contributed by atoms with Crippen molar-refractivity contribution in [3.05, 3.63) is 24.3 Å². The Hall–Kier alpha value is -1.88. The number of carbonyl (C=O) groups excluding carboxylic acids is 1. The van der Waals surface area contributed by atoms with Crippen molar-refractivity contribution >= 4 is 22.9 Å². The lowest BCUT2D eigenvalue weighted by Crippen LogP contribution is -2.44. The molecule has 0 unspecified atom stereocenters. The second-order valence-electron chi connectivity index (χ2n) is 4.49. The lowest BCUT2D eigenvalue weighted by atomic mass is 10.3. The summed E-state index contributed by atoms with van der Waals surface area (Å²) in [5, 5.41) is 3.30. The molecule has 0 radical (unpaired) electrons. The zero-order valence-electron chi connectivity index (χ0n) is 10.4. The van der Waals surface area contributed by atoms with Gasteiger partial charge in [-0.3, -0.25) is 4.79 Å². The maximum absolute atomic E-state index is 11.9. The summed E-state index contributed by atoms with van der Waals surface area (Å²) in [7, 11) is 0. The minimum absolute atomic E-state index is 0.0113. The van der Waals surface area contributed by atoms with Gasteiger partial charge in [0.15, 0.2) is 0 Å². The number of para-hydroxylation sites is 2. The van der Waals surface area contributed by atoms with Gasteiger partial charge in [-0.15, -0.1) is 0 Å². The van der Waals surface area contributed by atoms with Gasteiger partial charge in [-0.1, -0.05) is 12.1 Å². The third-order valence-corrected chi connectivity index (χ3v) is 3.26. The Kier molecular flexibility index (Phi) is 2.76. The van der Waals surface area contributed by atoms with Crippen molar-refractivity contribution in [3.63, 3.8) is 0 Å². The number of piperazine rings is 1. The predicted octanol–water partition coefficient (Wildman–Crippen LogP) is 1.11. The van der Waals surface area contributed by atoms with E-state index < -0.39 is 0 Å². The maximum Gasteiger partial charge on any atom is 0.230 e. The molecule has 1 aromatic heterocycles. The van der Waals surface area contributed by atoms with E-state index in [1.165, 1.54) is 0 Å². The van der Waals surface area contributed by atoms with Crippen molar-refractivity contribution in [1.82, 2.24) is 14.9 Å². The van der Waals surface area contributed by atoms with Crippen LogP contribution in [0.5, 0.6) is 0 Å². The number of nitrogens with one attached hydrogen (secondary N) is 1. The largest absolute Gasteiger partial charge is 0.339 e. The lowest BCUT2D eigenvalue weighted by molar-refractivity contribution is 0.0942. The minimum atomic E-state index is 0.0113. The molecule has 0 saturated carbocycles. The highest BCUT2D eigenvalue weighted by atomic mass is 16.2. The number of fused-ring (bicyclic) bond motifs is 1. The molecule has 1 aliphatic heterocycles. The van der Waals surface area contributed by atoms with E-state index in [1.807, 2.05) is 24.3 Å². The summed E-state index contributed by atoms with van der Waals surface area (Å²) in [6.45, 7) is 5.22. The summed E-state index contributed by atoms with van der Waals surface area (Å²) >= 11 is 0. The molecule has 18 heavy (non-hydrogen) atoms. The molecule has 2 aromatic rings. The number of aromatic nitrogens is 2. The van der Waals surface area contributed by atoms with Gasteiger partial charge >= 0.3 is 0 Å². The first-order valence-electron chi connectivity index (χ1n) is 6.21. The second-order valence-corrected chi connectivity index (χ2v) is 4.49. The Labute approximate surface area is 105 Å². The van der Waals surface area contributed by atoms with Gasteiger partial charge in [0.05, 0.1) is 11.0 Å². The van der Waals surface area contributed by atoms with E-state index in [4.69, 9.17) is 0 Å². The van der Waals surface area contributed by atoms with Crippen LogP contribution in [0.15, 0.2) is 24.3 Å². The summed E-state index contributed by atoms with van der Waals surface area (Å²) in [4.78, 5) is 18.6. The van der Waals surface area contributed by atoms with Crippen LogP contribution < -0.4 is 10.2 Å². The maximum atomic E-state index is 11.9. The van der Waals surface area contributed by atoms with E-state index >= 15 is 0 Å². The van der Waals surface area contributed by atoms with Crippen molar-refractivity contribution in [3.8, 4) is 0 Å². The molecule has 3 rings (SSSR count). The fraction of sp³-hybridized carbons (Fsp3) is 0.385. The summed E-state index contributed by atoms with van der Waals surface area (Å²) in [5.74, 6) is 0.780. The Morgan fingerprint density at radius 1 is 1.28 bits per heavy atom. The number of rotatable bonds is 1. The molecule has 1 aromatic carbocycles. The smallest absolute Gasteiger partial charge is 0.230 e. The van der Waals surface area contributed by atoms with Gasteiger partial charge in [-0.25, -0.2) is 9.55 Å². The van der Waals surface area contributed by atoms with Gasteiger partial charge in [0, 0.05) is 33.1 Å². The fourth-order valence-corrected chi connectivity index (χ4v) is 2.40. The zero-order valence-corrected chi connectivity index (χ0v) is 10.4. The lowest BCUT2D eigenvalue weighted by Gasteiger charge is -2.28. The molecule has 5 nitrogen and oxygen atoms in total. The Balaban J connectivity index is 2.14. The zero-order chi connectivity index (χ0) is 12.5. The first kappa shape index (κ1) is 11.2. The normalized spacial score (nSPS) is 16.2. The molecule has 0 amide bonds. The Morgan fingerprint density at radius 3 is 2.72 bits per heavy atom. The van der Waals surface area contributed by atoms with Crippen LogP contribution in [0.4, 0.5) is 5.95 Å². The summed E-state index contributed by atoms with van der Waals surface area (Å²) in [6.07, 6.45) is 0. The highest BCUT2D eigenvalue weighted by molar-refractivity contribution is 5.92. The SMILES string of the molecule is CC(=O)n1c(N2CCNCC2)nc2ccccc21. The van der Waals surface area contributed by atoms with E-state index in [-0.39, 0.29) is 5.91 Å². The van der Waals surface area contributed by atoms with Crippen LogP contribution in [0.1, 0.15) is 11.7 Å². The van der Waals surface area contributed by atoms with Crippen molar-refractivity contribution in [2.24, 2.45) is 0 Å². The molecule has 0 bridgehead atoms. The molecule has 1 saturated heterocycles. The van der Waals surface area contributed by atoms with Gasteiger partial charge in [-0.2, -0.15) is 0 Å². The van der Waals surface area contributed by atoms with Crippen LogP contribution in [0.3, 0.4) is 0 Å². The molecule has 2 heterocycles. The molecular formula is C13H16N4O. The highest BCUT2D eigenvalue weighted by Crippen LogP contribution is 2.22. The Bertz CT molecular complexity index is 584. The molecule has 5 heteroatoms. The first-order valence-corrected chi connectivity index (χ1v) is 6.21. The standard InChI is InChI=1S/C13H16N4O/c1-10(18)17-12-5-3-2-4-11(12)15-13(17)16-8-6-14-7-9-16/h2-5,14H,6-9H2,1H3. The fourth-order valence-electron chi connectivity index (χ4n) is 2.40. The number of benzene rings is 1. The van der Waals surface area contributed by atoms with E-state index in [0.29, 0.717) is 0 Å². The number of hydrogen-bond acceptors (Lipinski definition) is 4. The number of hydrogen-bond donors (Lipinski definition) is 1. The van der Waals surface area contributed by atoms with Crippen LogP contribution >= 0.6 is 0 Å². The number of carbonyl (C=O) groups is 1. The van der Waals surface area contributed by atoms with E-state index in [9.17, 15) is 4.79 Å². The average Bonchev–Trinajstić information content (AvgIpc) is 2.79. The summed E-state index contributed by atoms with van der Waals surface area (Å²) in [6, 6.07) is 7.77. The van der Waals surface area contributed by atoms with Crippen LogP contribution in [-0.4, -0.2) is 41.6 Å². The van der Waals surface area contributed by atoms with Crippen LogP contribution in [0.2, 0.25) is 0 Å². The van der Waals surface area contributed by atoms with Crippen LogP contribution in [0.25, 0.3) is 11.0 Å². The summed E-state index contributed by atoms with van der Waals surface area (Å²) < 4.78 is 1.71. The molecule has 0 atom stereocenters. The van der Waals surface area contributed by atoms with E-state index in [1.54, 1.807) is 11.5 Å². The topological polar surface area (TPSA) is 50.2 Å². The molecule has 0 aliphatic carbocycles. The molecular weight excluding hydrogens is 228 g/mol. The van der Waals surface area contributed by atoms with Gasteiger partial charge in [-0.05, 0) is 12.1 Å². The third kappa shape index (κ3) is 1.76. The molecule has 1 fully saturated rings. The average molecular weight is 244 g/mol. The molecule has 0 spiro atoms. The minimum Gasteiger partial charge on any atom is -0.339 e. The van der Waals surface area contributed by atoms with Gasteiger partial charge in [0.25, 0.3) is 0 Å². The number of nitrogens with zero attached hydrogens (tertiary/aromatic N) is 3. The molecule has 94 valence electrons. The van der Waals surface area contributed by atoms with E-state index in [2.05, 4.69) is 15.2 Å². The van der Waals surface area contributed by atoms with Crippen LogP contribution in [-0.2, 0) is 0 Å². The second kappa shape index (κ2) is 4.42. The number of imidazole rings is 1.